The highest BCUT2D eigenvalue weighted by Gasteiger charge is 2.16. The molecule has 2 N–H and O–H groups in total. The lowest BCUT2D eigenvalue weighted by molar-refractivity contribution is -0.139. The number of carboxylic acids is 1. The van der Waals surface area contributed by atoms with E-state index in [0.29, 0.717) is 5.75 Å². The van der Waals surface area contributed by atoms with Crippen molar-refractivity contribution in [3.63, 3.8) is 0 Å². The second-order valence-corrected chi connectivity index (χ2v) is 8.26. The van der Waals surface area contributed by atoms with Crippen LogP contribution in [-0.4, -0.2) is 45.5 Å². The topological polar surface area (TPSA) is 102 Å². The van der Waals surface area contributed by atoms with Crippen LogP contribution in [0.3, 0.4) is 0 Å². The molecule has 152 valence electrons. The molecule has 0 aromatic heterocycles. The number of rotatable bonds is 10. The summed E-state index contributed by atoms with van der Waals surface area (Å²) in [5, 5.41) is 8.49. The number of methoxy groups -OCH3 is 1. The van der Waals surface area contributed by atoms with Gasteiger partial charge in [-0.15, -0.1) is 11.8 Å². The number of ether oxygens (including phenoxy) is 2. The van der Waals surface area contributed by atoms with Gasteiger partial charge in [-0.25, -0.2) is 26.7 Å². The van der Waals surface area contributed by atoms with Crippen LogP contribution in [0, 0.1) is 11.6 Å². The van der Waals surface area contributed by atoms with Gasteiger partial charge in [0.05, 0.1) is 12.0 Å². The molecule has 0 radical (unpaired) electrons. The van der Waals surface area contributed by atoms with E-state index >= 15 is 0 Å². The molecule has 7 nitrogen and oxygen atoms in total. The molecule has 2 aromatic rings. The zero-order chi connectivity index (χ0) is 20.7. The van der Waals surface area contributed by atoms with Crippen LogP contribution in [0.1, 0.15) is 0 Å². The molecule has 0 heterocycles. The van der Waals surface area contributed by atoms with E-state index in [0.717, 1.165) is 23.9 Å². The summed E-state index contributed by atoms with van der Waals surface area (Å²) in [6, 6.07) is 7.81. The van der Waals surface area contributed by atoms with Crippen molar-refractivity contribution in [2.75, 3.05) is 26.0 Å². The monoisotopic (exact) mass is 433 g/mol. The first kappa shape index (κ1) is 21.9. The molecule has 2 rings (SSSR count). The van der Waals surface area contributed by atoms with Crippen LogP contribution < -0.4 is 14.2 Å². The molecule has 0 aliphatic rings. The number of hydrogen-bond acceptors (Lipinski definition) is 6. The maximum atomic E-state index is 13.8. The fourth-order valence-corrected chi connectivity index (χ4v) is 4.05. The summed E-state index contributed by atoms with van der Waals surface area (Å²) in [6.45, 7) is -0.840. The Hall–Kier alpha value is -2.37. The van der Waals surface area contributed by atoms with Gasteiger partial charge < -0.3 is 14.6 Å². The van der Waals surface area contributed by atoms with E-state index in [1.54, 1.807) is 0 Å². The van der Waals surface area contributed by atoms with Gasteiger partial charge >= 0.3 is 5.97 Å². The van der Waals surface area contributed by atoms with E-state index in [1.165, 1.54) is 31.4 Å². The second kappa shape index (κ2) is 9.71. The van der Waals surface area contributed by atoms with E-state index in [4.69, 9.17) is 9.84 Å². The summed E-state index contributed by atoms with van der Waals surface area (Å²) in [5.74, 6) is -3.48. The molecule has 0 bridgehead atoms. The number of aliphatic carboxylic acids is 1. The number of nitrogens with one attached hydrogen (secondary N) is 1. The van der Waals surface area contributed by atoms with Crippen LogP contribution in [-0.2, 0) is 14.8 Å². The van der Waals surface area contributed by atoms with Crippen molar-refractivity contribution in [3.05, 3.63) is 48.0 Å². The van der Waals surface area contributed by atoms with E-state index in [2.05, 4.69) is 9.46 Å². The Morgan fingerprint density at radius 3 is 2.32 bits per heavy atom. The standard InChI is InChI=1S/C17H17F2NO6S2/c1-25-11-2-4-13(5-3-11)28(23,24)20-6-7-27-12-8-14(18)17(15(19)9-12)26-10-16(21)22/h2-5,8-9,20H,6-7,10H2,1H3,(H,21,22). The van der Waals surface area contributed by atoms with Crippen LogP contribution in [0.15, 0.2) is 46.2 Å². The van der Waals surface area contributed by atoms with Crippen LogP contribution in [0.2, 0.25) is 0 Å². The average molecular weight is 433 g/mol. The van der Waals surface area contributed by atoms with Gasteiger partial charge in [-0.05, 0) is 36.4 Å². The molecule has 0 unspecified atom stereocenters. The number of sulfonamides is 1. The highest BCUT2D eigenvalue weighted by Crippen LogP contribution is 2.28. The van der Waals surface area contributed by atoms with Crippen molar-refractivity contribution in [1.29, 1.82) is 0 Å². The van der Waals surface area contributed by atoms with Gasteiger partial charge in [0.25, 0.3) is 0 Å². The van der Waals surface area contributed by atoms with Gasteiger partial charge in [-0.3, -0.25) is 0 Å². The predicted molar refractivity (Wildman–Crippen MR) is 98.4 cm³/mol. The Morgan fingerprint density at radius 1 is 1.18 bits per heavy atom. The van der Waals surface area contributed by atoms with Gasteiger partial charge in [-0.2, -0.15) is 0 Å². The van der Waals surface area contributed by atoms with Crippen molar-refractivity contribution in [1.82, 2.24) is 4.72 Å². The van der Waals surface area contributed by atoms with Gasteiger partial charge in [0.2, 0.25) is 10.0 Å². The maximum Gasteiger partial charge on any atom is 0.341 e. The second-order valence-electron chi connectivity index (χ2n) is 5.32. The number of carbonyl (C=O) groups is 1. The molecule has 11 heteroatoms. The van der Waals surface area contributed by atoms with Crippen LogP contribution in [0.5, 0.6) is 11.5 Å². The van der Waals surface area contributed by atoms with Gasteiger partial charge in [0.15, 0.2) is 24.0 Å². The lowest BCUT2D eigenvalue weighted by atomic mass is 10.3. The molecule has 28 heavy (non-hydrogen) atoms. The molecule has 0 spiro atoms. The third kappa shape index (κ3) is 6.08. The summed E-state index contributed by atoms with van der Waals surface area (Å²) in [4.78, 5) is 10.7. The Bertz CT molecular complexity index is 912. The smallest absolute Gasteiger partial charge is 0.341 e. The van der Waals surface area contributed by atoms with Gasteiger partial charge in [0, 0.05) is 17.2 Å². The Morgan fingerprint density at radius 2 is 1.79 bits per heavy atom. The molecule has 0 amide bonds. The molecule has 0 saturated carbocycles. The van der Waals surface area contributed by atoms with E-state index in [-0.39, 0.29) is 22.1 Å². The highest BCUT2D eigenvalue weighted by molar-refractivity contribution is 7.99. The number of halogens is 2. The Kier molecular flexibility index (Phi) is 7.61. The SMILES string of the molecule is COc1ccc(S(=O)(=O)NCCSc2cc(F)c(OCC(=O)O)c(F)c2)cc1. The zero-order valence-electron chi connectivity index (χ0n) is 14.6. The van der Waals surface area contributed by atoms with Gasteiger partial charge in [-0.1, -0.05) is 0 Å². The molecule has 0 aliphatic carbocycles. The predicted octanol–water partition coefficient (Wildman–Crippen LogP) is 2.51. The first-order chi connectivity index (χ1) is 13.2. The Balaban J connectivity index is 1.91. The summed E-state index contributed by atoms with van der Waals surface area (Å²) < 4.78 is 64.0. The first-order valence-corrected chi connectivity index (χ1v) is 10.3. The van der Waals surface area contributed by atoms with Crippen molar-refractivity contribution >= 4 is 27.8 Å². The molecular formula is C17H17F2NO6S2. The quantitative estimate of drug-likeness (QED) is 0.438. The molecular weight excluding hydrogens is 416 g/mol. The fourth-order valence-electron chi connectivity index (χ4n) is 2.07. The third-order valence-electron chi connectivity index (χ3n) is 3.34. The van der Waals surface area contributed by atoms with Crippen molar-refractivity contribution in [2.45, 2.75) is 9.79 Å². The number of hydrogen-bond donors (Lipinski definition) is 2. The lowest BCUT2D eigenvalue weighted by Gasteiger charge is -2.09. The first-order valence-electron chi connectivity index (χ1n) is 7.83. The molecule has 0 atom stereocenters. The number of thioether (sulfide) groups is 1. The lowest BCUT2D eigenvalue weighted by Crippen LogP contribution is -2.26. The molecule has 0 saturated heterocycles. The van der Waals surface area contributed by atoms with Crippen LogP contribution in [0.25, 0.3) is 0 Å². The van der Waals surface area contributed by atoms with Crippen LogP contribution >= 0.6 is 11.8 Å². The maximum absolute atomic E-state index is 13.8. The van der Waals surface area contributed by atoms with Gasteiger partial charge in [0.1, 0.15) is 5.75 Å². The minimum absolute atomic E-state index is 0.0273. The highest BCUT2D eigenvalue weighted by atomic mass is 32.2. The average Bonchev–Trinajstić information content (AvgIpc) is 2.64. The summed E-state index contributed by atoms with van der Waals surface area (Å²) in [6.07, 6.45) is 0. The molecule has 2 aromatic carbocycles. The van der Waals surface area contributed by atoms with E-state index in [1.807, 2.05) is 0 Å². The fraction of sp³-hybridized carbons (Fsp3) is 0.235. The van der Waals surface area contributed by atoms with Crippen molar-refractivity contribution in [3.8, 4) is 11.5 Å². The normalized spacial score (nSPS) is 11.2. The van der Waals surface area contributed by atoms with E-state index < -0.39 is 40.0 Å². The number of carboxylic acid groups (broad SMARTS) is 1. The van der Waals surface area contributed by atoms with Crippen LogP contribution in [0.4, 0.5) is 8.78 Å². The summed E-state index contributed by atoms with van der Waals surface area (Å²) in [5.41, 5.74) is 0. The summed E-state index contributed by atoms with van der Waals surface area (Å²) >= 11 is 1.02. The minimum Gasteiger partial charge on any atom is -0.497 e. The minimum atomic E-state index is -3.72. The van der Waals surface area contributed by atoms with Crippen molar-refractivity contribution in [2.24, 2.45) is 0 Å². The zero-order valence-corrected chi connectivity index (χ0v) is 16.3. The number of benzene rings is 2. The third-order valence-corrected chi connectivity index (χ3v) is 5.80. The molecule has 0 fully saturated rings. The van der Waals surface area contributed by atoms with Crippen molar-refractivity contribution < 1.29 is 36.6 Å². The Labute approximate surface area is 164 Å². The van der Waals surface area contributed by atoms with E-state index in [9.17, 15) is 22.0 Å². The summed E-state index contributed by atoms with van der Waals surface area (Å²) in [7, 11) is -2.25. The largest absolute Gasteiger partial charge is 0.497 e. The molecule has 0 aliphatic heterocycles.